The maximum absolute atomic E-state index is 12.6. The van der Waals surface area contributed by atoms with Gasteiger partial charge in [0, 0.05) is 7.05 Å². The summed E-state index contributed by atoms with van der Waals surface area (Å²) >= 11 is 0. The van der Waals surface area contributed by atoms with Crippen LogP contribution in [0.4, 0.5) is 23.7 Å². The molecule has 0 bridgehead atoms. The SMILES string of the molecule is CN1C(=O)CN(C(=O)Nc2ccc(C(F)(F)F)nc2)C1c1ccccc1. The van der Waals surface area contributed by atoms with Crippen LogP contribution < -0.4 is 5.32 Å². The number of amides is 3. The van der Waals surface area contributed by atoms with Crippen LogP contribution in [0.5, 0.6) is 0 Å². The van der Waals surface area contributed by atoms with E-state index in [0.717, 1.165) is 23.9 Å². The fourth-order valence-corrected chi connectivity index (χ4v) is 2.73. The van der Waals surface area contributed by atoms with Crippen LogP contribution >= 0.6 is 0 Å². The first-order chi connectivity index (χ1) is 12.3. The number of urea groups is 1. The number of benzene rings is 1. The van der Waals surface area contributed by atoms with Gasteiger partial charge in [-0.15, -0.1) is 0 Å². The van der Waals surface area contributed by atoms with Crippen molar-refractivity contribution in [2.45, 2.75) is 12.3 Å². The lowest BCUT2D eigenvalue weighted by atomic mass is 10.1. The molecule has 1 atom stereocenters. The number of hydrogen-bond donors (Lipinski definition) is 1. The summed E-state index contributed by atoms with van der Waals surface area (Å²) in [5.41, 5.74) is -0.188. The van der Waals surface area contributed by atoms with E-state index in [1.54, 1.807) is 31.3 Å². The van der Waals surface area contributed by atoms with Crippen molar-refractivity contribution in [3.63, 3.8) is 0 Å². The molecular formula is C17H15F3N4O2. The van der Waals surface area contributed by atoms with Gasteiger partial charge in [0.25, 0.3) is 0 Å². The van der Waals surface area contributed by atoms with Gasteiger partial charge in [-0.25, -0.2) is 9.78 Å². The Morgan fingerprint density at radius 1 is 1.19 bits per heavy atom. The van der Waals surface area contributed by atoms with E-state index in [4.69, 9.17) is 0 Å². The molecule has 1 fully saturated rings. The normalized spacial score (nSPS) is 17.5. The molecule has 2 aromatic rings. The average Bonchev–Trinajstić information content (AvgIpc) is 2.91. The van der Waals surface area contributed by atoms with Crippen LogP contribution in [0, 0.1) is 0 Å². The highest BCUT2D eigenvalue weighted by Crippen LogP contribution is 2.30. The van der Waals surface area contributed by atoms with E-state index in [9.17, 15) is 22.8 Å². The molecule has 6 nitrogen and oxygen atoms in total. The van der Waals surface area contributed by atoms with Crippen molar-refractivity contribution in [2.24, 2.45) is 0 Å². The monoisotopic (exact) mass is 364 g/mol. The molecule has 1 aliphatic rings. The van der Waals surface area contributed by atoms with Crippen molar-refractivity contribution in [1.29, 1.82) is 0 Å². The third-order valence-corrected chi connectivity index (χ3v) is 4.02. The Hall–Kier alpha value is -3.10. The minimum absolute atomic E-state index is 0.108. The van der Waals surface area contributed by atoms with Crippen LogP contribution in [0.3, 0.4) is 0 Å². The molecule has 0 spiro atoms. The zero-order chi connectivity index (χ0) is 18.9. The summed E-state index contributed by atoms with van der Waals surface area (Å²) in [6.45, 7) is -0.129. The Balaban J connectivity index is 1.79. The maximum Gasteiger partial charge on any atom is 0.433 e. The fourth-order valence-electron chi connectivity index (χ4n) is 2.73. The summed E-state index contributed by atoms with van der Waals surface area (Å²) in [6.07, 6.45) is -4.21. The molecule has 1 saturated heterocycles. The number of rotatable bonds is 2. The zero-order valence-corrected chi connectivity index (χ0v) is 13.7. The number of likely N-dealkylation sites (N-methyl/N-ethyl adjacent to an activating group) is 1. The number of alkyl halides is 3. The highest BCUT2D eigenvalue weighted by Gasteiger charge is 2.39. The van der Waals surface area contributed by atoms with Gasteiger partial charge in [0.15, 0.2) is 0 Å². The maximum atomic E-state index is 12.6. The highest BCUT2D eigenvalue weighted by atomic mass is 19.4. The van der Waals surface area contributed by atoms with Gasteiger partial charge in [-0.3, -0.25) is 9.69 Å². The van der Waals surface area contributed by atoms with Gasteiger partial charge in [0.1, 0.15) is 18.4 Å². The van der Waals surface area contributed by atoms with E-state index in [1.807, 2.05) is 6.07 Å². The van der Waals surface area contributed by atoms with Crippen LogP contribution in [0.2, 0.25) is 0 Å². The molecule has 0 radical (unpaired) electrons. The van der Waals surface area contributed by atoms with Crippen LogP contribution in [0.25, 0.3) is 0 Å². The summed E-state index contributed by atoms with van der Waals surface area (Å²) in [5, 5.41) is 2.48. The van der Waals surface area contributed by atoms with E-state index in [1.165, 1.54) is 9.80 Å². The zero-order valence-electron chi connectivity index (χ0n) is 13.7. The van der Waals surface area contributed by atoms with Gasteiger partial charge in [-0.2, -0.15) is 13.2 Å². The number of nitrogens with one attached hydrogen (secondary N) is 1. The number of carbonyl (C=O) groups excluding carboxylic acids is 2. The van der Waals surface area contributed by atoms with E-state index in [-0.39, 0.29) is 18.1 Å². The number of halogens is 3. The molecule has 9 heteroatoms. The Bertz CT molecular complexity index is 809. The summed E-state index contributed by atoms with van der Waals surface area (Å²) in [6, 6.07) is 10.3. The van der Waals surface area contributed by atoms with Crippen molar-refractivity contribution in [2.75, 3.05) is 18.9 Å². The molecule has 1 aliphatic heterocycles. The Morgan fingerprint density at radius 3 is 2.46 bits per heavy atom. The lowest BCUT2D eigenvalue weighted by Crippen LogP contribution is -2.37. The lowest BCUT2D eigenvalue weighted by Gasteiger charge is -2.28. The summed E-state index contributed by atoms with van der Waals surface area (Å²) in [7, 11) is 1.59. The summed E-state index contributed by atoms with van der Waals surface area (Å²) < 4.78 is 37.7. The van der Waals surface area contributed by atoms with Gasteiger partial charge in [-0.1, -0.05) is 30.3 Å². The van der Waals surface area contributed by atoms with E-state index < -0.39 is 24.1 Å². The quantitative estimate of drug-likeness (QED) is 0.891. The minimum Gasteiger partial charge on any atom is -0.319 e. The van der Waals surface area contributed by atoms with Gasteiger partial charge < -0.3 is 10.2 Å². The van der Waals surface area contributed by atoms with Gasteiger partial charge in [0.2, 0.25) is 5.91 Å². The number of carbonyl (C=O) groups is 2. The third-order valence-electron chi connectivity index (χ3n) is 4.02. The van der Waals surface area contributed by atoms with Crippen LogP contribution in [0.1, 0.15) is 17.4 Å². The van der Waals surface area contributed by atoms with Crippen molar-refractivity contribution < 1.29 is 22.8 Å². The van der Waals surface area contributed by atoms with Crippen LogP contribution in [-0.4, -0.2) is 40.3 Å². The molecule has 0 aliphatic carbocycles. The molecule has 1 aromatic carbocycles. The van der Waals surface area contributed by atoms with Crippen molar-refractivity contribution in [3.05, 3.63) is 59.9 Å². The van der Waals surface area contributed by atoms with Crippen molar-refractivity contribution >= 4 is 17.6 Å². The topological polar surface area (TPSA) is 65.5 Å². The lowest BCUT2D eigenvalue weighted by molar-refractivity contribution is -0.141. The van der Waals surface area contributed by atoms with Crippen LogP contribution in [-0.2, 0) is 11.0 Å². The van der Waals surface area contributed by atoms with Gasteiger partial charge >= 0.3 is 12.2 Å². The summed E-state index contributed by atoms with van der Waals surface area (Å²) in [5.74, 6) is -0.237. The smallest absolute Gasteiger partial charge is 0.319 e. The number of anilines is 1. The standard InChI is InChI=1S/C17H15F3N4O2/c1-23-14(25)10-24(15(23)11-5-3-2-4-6-11)16(26)22-12-7-8-13(21-9-12)17(18,19)20/h2-9,15H,10H2,1H3,(H,22,26). The molecule has 26 heavy (non-hydrogen) atoms. The number of pyridine rings is 1. The van der Waals surface area contributed by atoms with Crippen LogP contribution in [0.15, 0.2) is 48.7 Å². The first-order valence-corrected chi connectivity index (χ1v) is 7.69. The van der Waals surface area contributed by atoms with Gasteiger partial charge in [-0.05, 0) is 17.7 Å². The first-order valence-electron chi connectivity index (χ1n) is 7.69. The Morgan fingerprint density at radius 2 is 1.88 bits per heavy atom. The van der Waals surface area contributed by atoms with E-state index >= 15 is 0 Å². The van der Waals surface area contributed by atoms with Crippen molar-refractivity contribution in [3.8, 4) is 0 Å². The molecular weight excluding hydrogens is 349 g/mol. The number of aromatic nitrogens is 1. The second-order valence-corrected chi connectivity index (χ2v) is 5.78. The van der Waals surface area contributed by atoms with Gasteiger partial charge in [0.05, 0.1) is 11.9 Å². The first kappa shape index (κ1) is 17.7. The number of hydrogen-bond acceptors (Lipinski definition) is 3. The molecule has 3 amide bonds. The van der Waals surface area contributed by atoms with Crippen molar-refractivity contribution in [1.82, 2.24) is 14.8 Å². The largest absolute Gasteiger partial charge is 0.433 e. The second kappa shape index (κ2) is 6.66. The molecule has 2 heterocycles. The molecule has 1 N–H and O–H groups in total. The Kier molecular flexibility index (Phi) is 4.54. The predicted octanol–water partition coefficient (Wildman–Crippen LogP) is 3.11. The summed E-state index contributed by atoms with van der Waals surface area (Å²) in [4.78, 5) is 30.7. The third kappa shape index (κ3) is 3.46. The Labute approximate surface area is 147 Å². The molecule has 1 aromatic heterocycles. The number of nitrogens with zero attached hydrogens (tertiary/aromatic N) is 3. The molecule has 1 unspecified atom stereocenters. The predicted molar refractivity (Wildman–Crippen MR) is 86.9 cm³/mol. The minimum atomic E-state index is -4.55. The molecule has 3 rings (SSSR count). The molecule has 136 valence electrons. The fraction of sp³-hybridized carbons (Fsp3) is 0.235. The molecule has 0 saturated carbocycles. The van der Waals surface area contributed by atoms with E-state index in [0.29, 0.717) is 0 Å². The second-order valence-electron chi connectivity index (χ2n) is 5.78. The average molecular weight is 364 g/mol. The highest BCUT2D eigenvalue weighted by molar-refractivity contribution is 5.94. The van der Waals surface area contributed by atoms with E-state index in [2.05, 4.69) is 10.3 Å².